The first-order chi connectivity index (χ1) is 7.40. The minimum atomic E-state index is -3.23. The molecule has 1 fully saturated rings. The van der Waals surface area contributed by atoms with Gasteiger partial charge in [0, 0.05) is 19.1 Å². The Morgan fingerprint density at radius 1 is 1.62 bits per heavy atom. The van der Waals surface area contributed by atoms with Crippen LogP contribution < -0.4 is 11.1 Å². The average molecular weight is 247 g/mol. The number of nitrogens with two attached hydrogens (primary N) is 1. The van der Waals surface area contributed by atoms with Crippen LogP contribution in [0.3, 0.4) is 0 Å². The van der Waals surface area contributed by atoms with Crippen LogP contribution in [-0.4, -0.2) is 49.6 Å². The normalized spacial score (nSPS) is 26.6. The van der Waals surface area contributed by atoms with Crippen LogP contribution in [0, 0.1) is 0 Å². The monoisotopic (exact) mass is 247 g/mol. The quantitative estimate of drug-likeness (QED) is 0.601. The van der Waals surface area contributed by atoms with Gasteiger partial charge < -0.3 is 11.1 Å². The highest BCUT2D eigenvalue weighted by atomic mass is 32.2. The van der Waals surface area contributed by atoms with E-state index in [1.807, 2.05) is 0 Å². The molecule has 0 aromatic rings. The third kappa shape index (κ3) is 2.81. The Morgan fingerprint density at radius 2 is 2.25 bits per heavy atom. The summed E-state index contributed by atoms with van der Waals surface area (Å²) < 4.78 is 24.5. The van der Waals surface area contributed by atoms with E-state index in [1.54, 1.807) is 6.92 Å². The maximum Gasteiger partial charge on any atom is 0.243 e. The Hall–Kier alpha value is -0.920. The summed E-state index contributed by atoms with van der Waals surface area (Å²) in [6.07, 6.45) is 1.14. The molecule has 1 amide bonds. The first kappa shape index (κ1) is 13.1. The van der Waals surface area contributed by atoms with Gasteiger partial charge in [0.05, 0.1) is 11.8 Å². The average Bonchev–Trinajstić information content (AvgIpc) is 2.61. The SMILES string of the molecule is C=CC(=O)NC1CN(S(=O)(=O)CC)CC1N. The number of hydrogen-bond donors (Lipinski definition) is 2. The van der Waals surface area contributed by atoms with Crippen molar-refractivity contribution in [3.8, 4) is 0 Å². The fourth-order valence-corrected chi connectivity index (χ4v) is 2.75. The van der Waals surface area contributed by atoms with Gasteiger partial charge in [-0.1, -0.05) is 6.58 Å². The van der Waals surface area contributed by atoms with Crippen molar-refractivity contribution in [2.75, 3.05) is 18.8 Å². The van der Waals surface area contributed by atoms with Crippen molar-refractivity contribution in [3.63, 3.8) is 0 Å². The number of nitrogens with zero attached hydrogens (tertiary/aromatic N) is 1. The van der Waals surface area contributed by atoms with Crippen molar-refractivity contribution in [1.29, 1.82) is 0 Å². The molecule has 92 valence electrons. The highest BCUT2D eigenvalue weighted by Gasteiger charge is 2.36. The largest absolute Gasteiger partial charge is 0.347 e. The minimum Gasteiger partial charge on any atom is -0.347 e. The Balaban J connectivity index is 2.67. The summed E-state index contributed by atoms with van der Waals surface area (Å²) >= 11 is 0. The lowest BCUT2D eigenvalue weighted by Gasteiger charge is -2.15. The van der Waals surface area contributed by atoms with E-state index in [0.29, 0.717) is 0 Å². The molecular formula is C9H17N3O3S. The summed E-state index contributed by atoms with van der Waals surface area (Å²) in [5, 5.41) is 2.62. The summed E-state index contributed by atoms with van der Waals surface area (Å²) in [6, 6.07) is -0.711. The second-order valence-electron chi connectivity index (χ2n) is 3.70. The molecule has 1 saturated heterocycles. The summed E-state index contributed by atoms with van der Waals surface area (Å²) in [7, 11) is -3.23. The highest BCUT2D eigenvalue weighted by molar-refractivity contribution is 7.89. The minimum absolute atomic E-state index is 0.0435. The van der Waals surface area contributed by atoms with Gasteiger partial charge in [-0.2, -0.15) is 4.31 Å². The van der Waals surface area contributed by atoms with E-state index >= 15 is 0 Å². The molecule has 2 unspecified atom stereocenters. The molecule has 1 aliphatic heterocycles. The van der Waals surface area contributed by atoms with Crippen molar-refractivity contribution in [1.82, 2.24) is 9.62 Å². The molecule has 2 atom stereocenters. The van der Waals surface area contributed by atoms with E-state index < -0.39 is 10.0 Å². The third-order valence-corrected chi connectivity index (χ3v) is 4.42. The van der Waals surface area contributed by atoms with Gasteiger partial charge in [0.25, 0.3) is 0 Å². The molecule has 6 nitrogen and oxygen atoms in total. The predicted molar refractivity (Wildman–Crippen MR) is 61.1 cm³/mol. The summed E-state index contributed by atoms with van der Waals surface area (Å²) in [5.41, 5.74) is 5.77. The van der Waals surface area contributed by atoms with Crippen LogP contribution in [0.25, 0.3) is 0 Å². The number of amides is 1. The van der Waals surface area contributed by atoms with Crippen LogP contribution >= 0.6 is 0 Å². The molecule has 0 spiro atoms. The van der Waals surface area contributed by atoms with Crippen molar-refractivity contribution in [3.05, 3.63) is 12.7 Å². The molecule has 1 heterocycles. The molecule has 0 bridgehead atoms. The first-order valence-corrected chi connectivity index (χ1v) is 6.68. The van der Waals surface area contributed by atoms with Crippen molar-refractivity contribution >= 4 is 15.9 Å². The second-order valence-corrected chi connectivity index (χ2v) is 5.96. The van der Waals surface area contributed by atoms with E-state index in [1.165, 1.54) is 4.31 Å². The van der Waals surface area contributed by atoms with E-state index in [-0.39, 0.29) is 36.8 Å². The van der Waals surface area contributed by atoms with Gasteiger partial charge in [0.2, 0.25) is 15.9 Å². The van der Waals surface area contributed by atoms with Crippen molar-refractivity contribution < 1.29 is 13.2 Å². The van der Waals surface area contributed by atoms with Gasteiger partial charge >= 0.3 is 0 Å². The van der Waals surface area contributed by atoms with Crippen LogP contribution in [0.15, 0.2) is 12.7 Å². The molecule has 0 saturated carbocycles. The van der Waals surface area contributed by atoms with Gasteiger partial charge in [-0.15, -0.1) is 0 Å². The zero-order valence-corrected chi connectivity index (χ0v) is 10.0. The molecule has 0 aromatic heterocycles. The second kappa shape index (κ2) is 4.94. The zero-order valence-electron chi connectivity index (χ0n) is 9.22. The maximum absolute atomic E-state index is 11.6. The Labute approximate surface area is 95.5 Å². The van der Waals surface area contributed by atoms with E-state index in [4.69, 9.17) is 5.73 Å². The van der Waals surface area contributed by atoms with Gasteiger partial charge in [-0.25, -0.2) is 8.42 Å². The first-order valence-electron chi connectivity index (χ1n) is 5.07. The third-order valence-electron chi connectivity index (χ3n) is 2.60. The molecule has 1 aliphatic rings. The summed E-state index contributed by atoms with van der Waals surface area (Å²) in [6.45, 7) is 5.39. The molecule has 16 heavy (non-hydrogen) atoms. The predicted octanol–water partition coefficient (Wildman–Crippen LogP) is -1.35. The zero-order chi connectivity index (χ0) is 12.3. The number of nitrogens with one attached hydrogen (secondary N) is 1. The lowest BCUT2D eigenvalue weighted by molar-refractivity contribution is -0.117. The van der Waals surface area contributed by atoms with Crippen LogP contribution in [0.5, 0.6) is 0 Å². The number of carbonyl (C=O) groups excluding carboxylic acids is 1. The van der Waals surface area contributed by atoms with Crippen molar-refractivity contribution in [2.24, 2.45) is 5.73 Å². The van der Waals surface area contributed by atoms with Gasteiger partial charge in [-0.05, 0) is 13.0 Å². The van der Waals surface area contributed by atoms with Crippen molar-refractivity contribution in [2.45, 2.75) is 19.0 Å². The molecule has 7 heteroatoms. The Kier molecular flexibility index (Phi) is 4.06. The van der Waals surface area contributed by atoms with Crippen LogP contribution in [0.1, 0.15) is 6.92 Å². The Bertz CT molecular complexity index is 379. The fraction of sp³-hybridized carbons (Fsp3) is 0.667. The summed E-state index contributed by atoms with van der Waals surface area (Å²) in [4.78, 5) is 11.1. The van der Waals surface area contributed by atoms with E-state index in [0.717, 1.165) is 6.08 Å². The summed E-state index contributed by atoms with van der Waals surface area (Å²) in [5.74, 6) is -0.293. The molecular weight excluding hydrogens is 230 g/mol. The number of sulfonamides is 1. The van der Waals surface area contributed by atoms with E-state index in [9.17, 15) is 13.2 Å². The highest BCUT2D eigenvalue weighted by Crippen LogP contribution is 2.13. The smallest absolute Gasteiger partial charge is 0.243 e. The lowest BCUT2D eigenvalue weighted by Crippen LogP contribution is -2.46. The lowest BCUT2D eigenvalue weighted by atomic mass is 10.2. The number of hydrogen-bond acceptors (Lipinski definition) is 4. The Morgan fingerprint density at radius 3 is 2.75 bits per heavy atom. The van der Waals surface area contributed by atoms with Gasteiger partial charge in [0.15, 0.2) is 0 Å². The van der Waals surface area contributed by atoms with Crippen LogP contribution in [0.4, 0.5) is 0 Å². The van der Waals surface area contributed by atoms with Gasteiger partial charge in [0.1, 0.15) is 0 Å². The molecule has 1 rings (SSSR count). The van der Waals surface area contributed by atoms with Crippen LogP contribution in [0.2, 0.25) is 0 Å². The fourth-order valence-electron chi connectivity index (χ4n) is 1.60. The maximum atomic E-state index is 11.6. The van der Waals surface area contributed by atoms with E-state index in [2.05, 4.69) is 11.9 Å². The topological polar surface area (TPSA) is 92.5 Å². The molecule has 0 aromatic carbocycles. The molecule has 0 radical (unpaired) electrons. The van der Waals surface area contributed by atoms with Gasteiger partial charge in [-0.3, -0.25) is 4.79 Å². The number of carbonyl (C=O) groups is 1. The molecule has 0 aliphatic carbocycles. The molecule has 3 N–H and O–H groups in total. The number of rotatable bonds is 4. The van der Waals surface area contributed by atoms with Crippen LogP contribution in [-0.2, 0) is 14.8 Å². The standard InChI is InChI=1S/C9H17N3O3S/c1-3-9(13)11-8-6-12(5-7(8)10)16(14,15)4-2/h3,7-8H,1,4-6,10H2,2H3,(H,11,13).